The lowest BCUT2D eigenvalue weighted by Crippen LogP contribution is -2.42. The Morgan fingerprint density at radius 2 is 0.947 bits per heavy atom. The number of ether oxygens (including phenoxy) is 4. The van der Waals surface area contributed by atoms with E-state index < -0.39 is 22.8 Å². The molecule has 2 aliphatic rings. The molecule has 16 nitrogen and oxygen atoms in total. The number of nitrogens with zero attached hydrogens (tertiary/aromatic N) is 8. The van der Waals surface area contributed by atoms with E-state index in [1.54, 1.807) is 58.3 Å². The van der Waals surface area contributed by atoms with Gasteiger partial charge in [-0.3, -0.25) is 0 Å². The summed E-state index contributed by atoms with van der Waals surface area (Å²) in [6, 6.07) is 32.6. The summed E-state index contributed by atoms with van der Waals surface area (Å²) in [6.45, 7) is 13.7. The number of likely N-dealkylation sites (tertiary alicyclic amines) is 2. The lowest BCUT2D eigenvalue weighted by Gasteiger charge is -2.34. The second-order valence-electron chi connectivity index (χ2n) is 20.6. The van der Waals surface area contributed by atoms with Gasteiger partial charge in [-0.25, -0.2) is 48.3 Å². The smallest absolute Gasteiger partial charge is 0.410 e. The minimum absolute atomic E-state index is 0.108. The predicted molar refractivity (Wildman–Crippen MR) is 287 cm³/mol. The van der Waals surface area contributed by atoms with Crippen LogP contribution in [0.15, 0.2) is 134 Å². The largest absolute Gasteiger partial charge is 0.444 e. The Balaban J connectivity index is 0.000000186. The summed E-state index contributed by atoms with van der Waals surface area (Å²) in [5.74, 6) is 0.981. The number of nitrogens with one attached hydrogen (secondary N) is 2. The second-order valence-corrected chi connectivity index (χ2v) is 20.6. The summed E-state index contributed by atoms with van der Waals surface area (Å²) in [5.41, 5.74) is 3.46. The molecule has 0 radical (unpaired) electrons. The van der Waals surface area contributed by atoms with Crippen LogP contribution in [0.3, 0.4) is 0 Å². The van der Waals surface area contributed by atoms with Crippen molar-refractivity contribution < 1.29 is 37.3 Å². The van der Waals surface area contributed by atoms with Crippen molar-refractivity contribution in [3.63, 3.8) is 0 Å². The first-order valence-electron chi connectivity index (χ1n) is 25.3. The maximum Gasteiger partial charge on any atom is 0.410 e. The Kier molecular flexibility index (Phi) is 15.8. The number of rotatable bonds is 10. The highest BCUT2D eigenvalue weighted by molar-refractivity contribution is 5.92. The first-order chi connectivity index (χ1) is 36.5. The van der Waals surface area contributed by atoms with Crippen LogP contribution in [0, 0.1) is 11.6 Å². The number of carbonyl (C=O) groups excluding carboxylic acids is 2. The monoisotopic (exact) mass is 1030 g/mol. The third-order valence-electron chi connectivity index (χ3n) is 12.5. The zero-order valence-corrected chi connectivity index (χ0v) is 43.3. The Bertz CT molecular complexity index is 3100. The molecule has 392 valence electrons. The van der Waals surface area contributed by atoms with Gasteiger partial charge in [0.2, 0.25) is 0 Å². The van der Waals surface area contributed by atoms with E-state index in [1.807, 2.05) is 90.1 Å². The predicted octanol–water partition coefficient (Wildman–Crippen LogP) is 13.6. The van der Waals surface area contributed by atoms with Crippen molar-refractivity contribution in [2.24, 2.45) is 0 Å². The Hall–Kier alpha value is -8.54. The van der Waals surface area contributed by atoms with Crippen LogP contribution < -0.4 is 20.1 Å². The summed E-state index contributed by atoms with van der Waals surface area (Å²) in [6.07, 6.45) is 9.04. The fourth-order valence-electron chi connectivity index (χ4n) is 8.95. The molecule has 76 heavy (non-hydrogen) atoms. The van der Waals surface area contributed by atoms with Gasteiger partial charge in [0.05, 0.1) is 34.8 Å². The number of amides is 2. The summed E-state index contributed by atoms with van der Waals surface area (Å²) in [7, 11) is 0. The van der Waals surface area contributed by atoms with Gasteiger partial charge in [-0.2, -0.15) is 0 Å². The molecule has 10 rings (SSSR count). The number of benzene rings is 4. The van der Waals surface area contributed by atoms with E-state index in [1.165, 1.54) is 37.2 Å². The van der Waals surface area contributed by atoms with Crippen LogP contribution in [0.1, 0.15) is 90.2 Å². The van der Waals surface area contributed by atoms with E-state index in [0.717, 1.165) is 58.6 Å². The third-order valence-corrected chi connectivity index (χ3v) is 12.5. The van der Waals surface area contributed by atoms with Gasteiger partial charge in [0, 0.05) is 60.9 Å². The van der Waals surface area contributed by atoms with Gasteiger partial charge < -0.3 is 39.4 Å². The number of para-hydroxylation sites is 2. The number of hydrogen-bond acceptors (Lipinski definition) is 14. The minimum Gasteiger partial charge on any atom is -0.444 e. The van der Waals surface area contributed by atoms with Gasteiger partial charge in [-0.1, -0.05) is 48.5 Å². The number of piperidine rings is 2. The molecule has 1 unspecified atom stereocenters. The molecule has 2 atom stereocenters. The number of halogens is 2. The van der Waals surface area contributed by atoms with Crippen LogP contribution in [0.4, 0.5) is 41.4 Å². The maximum atomic E-state index is 14.8. The van der Waals surface area contributed by atoms with E-state index >= 15 is 0 Å². The third kappa shape index (κ3) is 13.6. The lowest BCUT2D eigenvalue weighted by atomic mass is 9.90. The molecule has 6 heterocycles. The van der Waals surface area contributed by atoms with Gasteiger partial charge in [-0.05, 0) is 127 Å². The summed E-state index contributed by atoms with van der Waals surface area (Å²) in [4.78, 5) is 54.7. The van der Waals surface area contributed by atoms with Crippen LogP contribution in [-0.2, 0) is 9.47 Å². The van der Waals surface area contributed by atoms with Gasteiger partial charge in [0.15, 0.2) is 11.6 Å². The van der Waals surface area contributed by atoms with Gasteiger partial charge in [0.25, 0.3) is 11.8 Å². The van der Waals surface area contributed by atoms with Gasteiger partial charge in [-0.15, -0.1) is 0 Å². The highest BCUT2D eigenvalue weighted by atomic mass is 19.1. The topological polar surface area (TPSA) is 179 Å². The Morgan fingerprint density at radius 1 is 0.539 bits per heavy atom. The Morgan fingerprint density at radius 3 is 1.33 bits per heavy atom. The number of carbonyl (C=O) groups is 2. The average Bonchev–Trinajstić information content (AvgIpc) is 3.42. The number of anilines is 4. The van der Waals surface area contributed by atoms with Crippen LogP contribution in [0.2, 0.25) is 0 Å². The van der Waals surface area contributed by atoms with Crippen molar-refractivity contribution in [1.29, 1.82) is 0 Å². The summed E-state index contributed by atoms with van der Waals surface area (Å²) >= 11 is 0. The fourth-order valence-corrected chi connectivity index (χ4v) is 8.95. The SMILES string of the molecule is CC(C)(C)OC(=O)N1CCCC(c2ccc3ncnc(Nc4cnc(Oc5ccccc5)c(F)c4)c3c2)C1.CC(C)(C)OC(=O)N1CCC[C@@H](c2ccc3ncnc(Nc4cnc(Oc5ccccc5)c(F)c4)c3c2)C1. The van der Waals surface area contributed by atoms with Crippen LogP contribution in [0.5, 0.6) is 23.3 Å². The molecule has 2 fully saturated rings. The van der Waals surface area contributed by atoms with Crippen molar-refractivity contribution in [2.45, 2.75) is 90.3 Å². The number of hydrogen-bond donors (Lipinski definition) is 2. The molecule has 4 aromatic heterocycles. The van der Waals surface area contributed by atoms with Crippen molar-refractivity contribution in [2.75, 3.05) is 36.8 Å². The first kappa shape index (κ1) is 52.3. The van der Waals surface area contributed by atoms with Gasteiger partial charge in [0.1, 0.15) is 47.0 Å². The van der Waals surface area contributed by atoms with Crippen molar-refractivity contribution >= 4 is 57.0 Å². The molecule has 0 bridgehead atoms. The minimum atomic E-state index is -0.595. The van der Waals surface area contributed by atoms with Crippen LogP contribution >= 0.6 is 0 Å². The molecular formula is C58H60F2N10O6. The standard InChI is InChI=1S/2C29H30FN5O3/c2*1-29(2,3)38-28(36)35-13-7-8-20(17-35)19-11-12-25-23(14-19)26(33-18-32-25)34-21-15-24(30)27(31-16-21)37-22-9-5-4-6-10-22/h2*4-6,9-12,14-16,18,20H,7-8,13,17H2,1-3H3,(H,32,33,34)/t20-;/m1./s1. The number of aromatic nitrogens is 6. The quantitative estimate of drug-likeness (QED) is 0.132. The highest BCUT2D eigenvalue weighted by Crippen LogP contribution is 2.35. The molecule has 2 N–H and O–H groups in total. The first-order valence-corrected chi connectivity index (χ1v) is 25.3. The van der Waals surface area contributed by atoms with Crippen LogP contribution in [-0.4, -0.2) is 89.3 Å². The molecular weight excluding hydrogens is 971 g/mol. The average molecular weight is 1030 g/mol. The second kappa shape index (κ2) is 22.9. The molecule has 8 aromatic rings. The molecule has 0 spiro atoms. The molecule has 0 aliphatic carbocycles. The van der Waals surface area contributed by atoms with E-state index in [0.29, 0.717) is 60.7 Å². The molecule has 2 amide bonds. The molecule has 0 saturated carbocycles. The molecule has 4 aromatic carbocycles. The van der Waals surface area contributed by atoms with Crippen molar-refractivity contribution in [3.05, 3.63) is 157 Å². The molecule has 2 aliphatic heterocycles. The molecule has 18 heteroatoms. The molecule has 2 saturated heterocycles. The number of fused-ring (bicyclic) bond motifs is 2. The number of pyridine rings is 2. The fraction of sp³-hybridized carbons (Fsp3) is 0.310. The van der Waals surface area contributed by atoms with E-state index in [4.69, 9.17) is 18.9 Å². The van der Waals surface area contributed by atoms with E-state index in [2.05, 4.69) is 40.5 Å². The zero-order chi connectivity index (χ0) is 53.4. The lowest BCUT2D eigenvalue weighted by molar-refractivity contribution is 0.0188. The zero-order valence-electron chi connectivity index (χ0n) is 43.3. The van der Waals surface area contributed by atoms with E-state index in [-0.39, 0.29) is 35.8 Å². The Labute approximate surface area is 439 Å². The van der Waals surface area contributed by atoms with Crippen molar-refractivity contribution in [1.82, 2.24) is 39.7 Å². The maximum absolute atomic E-state index is 14.8. The highest BCUT2D eigenvalue weighted by Gasteiger charge is 2.30. The normalized spacial score (nSPS) is 15.8. The van der Waals surface area contributed by atoms with Crippen LogP contribution in [0.25, 0.3) is 21.8 Å². The van der Waals surface area contributed by atoms with E-state index in [9.17, 15) is 18.4 Å². The van der Waals surface area contributed by atoms with Crippen molar-refractivity contribution in [3.8, 4) is 23.3 Å². The van der Waals surface area contributed by atoms with Gasteiger partial charge >= 0.3 is 12.2 Å². The summed E-state index contributed by atoms with van der Waals surface area (Å²) < 4.78 is 51.8. The summed E-state index contributed by atoms with van der Waals surface area (Å²) in [5, 5.41) is 7.93.